The van der Waals surface area contributed by atoms with Crippen molar-refractivity contribution in [2.45, 2.75) is 19.8 Å². The summed E-state index contributed by atoms with van der Waals surface area (Å²) in [6.45, 7) is 2.53. The number of rotatable bonds is 5. The molecule has 0 bridgehead atoms. The van der Waals surface area contributed by atoms with Gasteiger partial charge in [0, 0.05) is 23.2 Å². The van der Waals surface area contributed by atoms with Crippen LogP contribution in [0.25, 0.3) is 11.1 Å². The zero-order chi connectivity index (χ0) is 17.3. The normalized spacial score (nSPS) is 13.6. The van der Waals surface area contributed by atoms with Gasteiger partial charge in [-0.3, -0.25) is 9.59 Å². The molecule has 3 rings (SSSR count). The fraction of sp³-hybridized carbons (Fsp3) is 0.263. The molecule has 1 aliphatic rings. The molecule has 0 aliphatic heterocycles. The van der Waals surface area contributed by atoms with E-state index < -0.39 is 11.7 Å². The van der Waals surface area contributed by atoms with Gasteiger partial charge in [-0.15, -0.1) is 0 Å². The molecule has 0 saturated heterocycles. The Morgan fingerprint density at radius 3 is 2.46 bits per heavy atom. The highest BCUT2D eigenvalue weighted by Gasteiger charge is 2.22. The van der Waals surface area contributed by atoms with Crippen LogP contribution >= 0.6 is 0 Å². The molecule has 0 spiro atoms. The summed E-state index contributed by atoms with van der Waals surface area (Å²) < 4.78 is 14.4. The first-order valence-electron chi connectivity index (χ1n) is 7.94. The molecule has 3 N–H and O–H groups in total. The van der Waals surface area contributed by atoms with Gasteiger partial charge in [0.25, 0.3) is 5.91 Å². The number of nitrogens with one attached hydrogen (secondary N) is 1. The molecule has 5 heteroatoms. The van der Waals surface area contributed by atoms with Crippen LogP contribution in [0.15, 0.2) is 36.4 Å². The van der Waals surface area contributed by atoms with Crippen molar-refractivity contribution in [1.82, 2.24) is 5.32 Å². The smallest absolute Gasteiger partial charge is 0.251 e. The average Bonchev–Trinajstić information content (AvgIpc) is 3.37. The minimum atomic E-state index is -0.676. The maximum Gasteiger partial charge on any atom is 0.251 e. The SMILES string of the molecule is Cc1ccc(C(=O)NCC2CC2)cc1-c1ccc(C(N)=O)cc1F. The van der Waals surface area contributed by atoms with Crippen LogP contribution in [0.3, 0.4) is 0 Å². The van der Waals surface area contributed by atoms with Crippen LogP contribution in [0.1, 0.15) is 39.1 Å². The van der Waals surface area contributed by atoms with E-state index in [-0.39, 0.29) is 11.5 Å². The molecule has 2 aromatic rings. The Kier molecular flexibility index (Phi) is 4.34. The number of hydrogen-bond donors (Lipinski definition) is 2. The lowest BCUT2D eigenvalue weighted by Crippen LogP contribution is -2.25. The molecule has 0 atom stereocenters. The van der Waals surface area contributed by atoms with E-state index in [0.29, 0.717) is 29.2 Å². The first kappa shape index (κ1) is 16.2. The lowest BCUT2D eigenvalue weighted by Gasteiger charge is -2.11. The summed E-state index contributed by atoms with van der Waals surface area (Å²) in [7, 11) is 0. The Hall–Kier alpha value is -2.69. The van der Waals surface area contributed by atoms with Crippen molar-refractivity contribution in [1.29, 1.82) is 0 Å². The van der Waals surface area contributed by atoms with E-state index in [1.807, 2.05) is 6.92 Å². The lowest BCUT2D eigenvalue weighted by atomic mass is 9.96. The molecular weight excluding hydrogens is 307 g/mol. The first-order chi connectivity index (χ1) is 11.5. The summed E-state index contributed by atoms with van der Waals surface area (Å²) in [5.41, 5.74) is 7.60. The van der Waals surface area contributed by atoms with Gasteiger partial charge in [0.15, 0.2) is 0 Å². The van der Waals surface area contributed by atoms with Gasteiger partial charge in [0.2, 0.25) is 5.91 Å². The predicted molar refractivity (Wildman–Crippen MR) is 90.1 cm³/mol. The molecule has 124 valence electrons. The van der Waals surface area contributed by atoms with E-state index in [2.05, 4.69) is 5.32 Å². The Bertz CT molecular complexity index is 813. The molecule has 0 unspecified atom stereocenters. The van der Waals surface area contributed by atoms with Gasteiger partial charge in [0.05, 0.1) is 0 Å². The standard InChI is InChI=1S/C19H19FN2O2/c1-11-2-5-14(19(24)22-10-12-3-4-12)8-16(11)15-7-6-13(18(21)23)9-17(15)20/h2,5-9,12H,3-4,10H2,1H3,(H2,21,23)(H,22,24). The van der Waals surface area contributed by atoms with Gasteiger partial charge in [-0.1, -0.05) is 12.1 Å². The molecule has 4 nitrogen and oxygen atoms in total. The van der Waals surface area contributed by atoms with Gasteiger partial charge in [-0.05, 0) is 61.1 Å². The summed E-state index contributed by atoms with van der Waals surface area (Å²) in [6.07, 6.45) is 2.33. The Balaban J connectivity index is 1.90. The Labute approximate surface area is 139 Å². The van der Waals surface area contributed by atoms with Crippen LogP contribution in [-0.2, 0) is 0 Å². The number of amides is 2. The Morgan fingerprint density at radius 2 is 1.83 bits per heavy atom. The highest BCUT2D eigenvalue weighted by molar-refractivity contribution is 5.96. The fourth-order valence-electron chi connectivity index (χ4n) is 2.60. The number of carbonyl (C=O) groups is 2. The van der Waals surface area contributed by atoms with E-state index in [0.717, 1.165) is 24.5 Å². The molecule has 0 aromatic heterocycles. The molecule has 2 amide bonds. The maximum atomic E-state index is 14.4. The second-order valence-electron chi connectivity index (χ2n) is 6.24. The zero-order valence-electron chi connectivity index (χ0n) is 13.4. The third kappa shape index (κ3) is 3.45. The second-order valence-corrected chi connectivity index (χ2v) is 6.24. The van der Waals surface area contributed by atoms with Gasteiger partial charge < -0.3 is 11.1 Å². The van der Waals surface area contributed by atoms with Crippen molar-refractivity contribution in [3.63, 3.8) is 0 Å². The monoisotopic (exact) mass is 326 g/mol. The van der Waals surface area contributed by atoms with E-state index in [1.165, 1.54) is 12.1 Å². The highest BCUT2D eigenvalue weighted by Crippen LogP contribution is 2.29. The third-order valence-corrected chi connectivity index (χ3v) is 4.29. The maximum absolute atomic E-state index is 14.4. The summed E-state index contributed by atoms with van der Waals surface area (Å²) in [6, 6.07) is 9.33. The van der Waals surface area contributed by atoms with Crippen molar-refractivity contribution in [3.8, 4) is 11.1 Å². The average molecular weight is 326 g/mol. The highest BCUT2D eigenvalue weighted by atomic mass is 19.1. The van der Waals surface area contributed by atoms with Crippen molar-refractivity contribution in [2.24, 2.45) is 11.7 Å². The lowest BCUT2D eigenvalue weighted by molar-refractivity contribution is 0.0950. The van der Waals surface area contributed by atoms with E-state index in [1.54, 1.807) is 18.2 Å². The van der Waals surface area contributed by atoms with Crippen molar-refractivity contribution in [3.05, 3.63) is 58.9 Å². The fourth-order valence-corrected chi connectivity index (χ4v) is 2.60. The third-order valence-electron chi connectivity index (χ3n) is 4.29. The van der Waals surface area contributed by atoms with Gasteiger partial charge in [-0.25, -0.2) is 4.39 Å². The van der Waals surface area contributed by atoms with E-state index in [9.17, 15) is 14.0 Å². The number of benzene rings is 2. The minimum Gasteiger partial charge on any atom is -0.366 e. The van der Waals surface area contributed by atoms with Crippen molar-refractivity contribution < 1.29 is 14.0 Å². The van der Waals surface area contributed by atoms with Crippen LogP contribution in [0.4, 0.5) is 4.39 Å². The number of nitrogens with two attached hydrogens (primary N) is 1. The zero-order valence-corrected chi connectivity index (χ0v) is 13.4. The number of halogens is 1. The molecule has 1 saturated carbocycles. The summed E-state index contributed by atoms with van der Waals surface area (Å²) in [5.74, 6) is -0.773. The predicted octanol–water partition coefficient (Wildman–Crippen LogP) is 3.04. The van der Waals surface area contributed by atoms with Crippen LogP contribution in [0.2, 0.25) is 0 Å². The summed E-state index contributed by atoms with van der Waals surface area (Å²) in [4.78, 5) is 23.4. The molecule has 2 aromatic carbocycles. The van der Waals surface area contributed by atoms with Crippen molar-refractivity contribution >= 4 is 11.8 Å². The summed E-state index contributed by atoms with van der Waals surface area (Å²) >= 11 is 0. The first-order valence-corrected chi connectivity index (χ1v) is 7.94. The largest absolute Gasteiger partial charge is 0.366 e. The minimum absolute atomic E-state index is 0.118. The number of hydrogen-bond acceptors (Lipinski definition) is 2. The molecule has 1 fully saturated rings. The molecule has 24 heavy (non-hydrogen) atoms. The quantitative estimate of drug-likeness (QED) is 0.886. The number of primary amides is 1. The van der Waals surface area contributed by atoms with Gasteiger partial charge >= 0.3 is 0 Å². The molecule has 0 heterocycles. The molecule has 1 aliphatic carbocycles. The molecular formula is C19H19FN2O2. The Morgan fingerprint density at radius 1 is 1.12 bits per heavy atom. The van der Waals surface area contributed by atoms with Crippen LogP contribution in [-0.4, -0.2) is 18.4 Å². The number of carbonyl (C=O) groups excluding carboxylic acids is 2. The van der Waals surface area contributed by atoms with Crippen LogP contribution in [0, 0.1) is 18.7 Å². The summed E-state index contributed by atoms with van der Waals surface area (Å²) in [5, 5.41) is 2.90. The molecule has 0 radical (unpaired) electrons. The van der Waals surface area contributed by atoms with E-state index >= 15 is 0 Å². The van der Waals surface area contributed by atoms with Crippen LogP contribution < -0.4 is 11.1 Å². The topological polar surface area (TPSA) is 72.2 Å². The second kappa shape index (κ2) is 6.43. The van der Waals surface area contributed by atoms with Crippen molar-refractivity contribution in [2.75, 3.05) is 6.54 Å². The van der Waals surface area contributed by atoms with Gasteiger partial charge in [-0.2, -0.15) is 0 Å². The van der Waals surface area contributed by atoms with E-state index in [4.69, 9.17) is 5.73 Å². The van der Waals surface area contributed by atoms with Gasteiger partial charge in [0.1, 0.15) is 5.82 Å². The van der Waals surface area contributed by atoms with Crippen LogP contribution in [0.5, 0.6) is 0 Å². The number of aryl methyl sites for hydroxylation is 1.